The second-order valence-corrected chi connectivity index (χ2v) is 7.60. The number of hydrogen-bond acceptors (Lipinski definition) is 5. The number of carbonyl (C=O) groups is 2. The van der Waals surface area contributed by atoms with Crippen molar-refractivity contribution in [1.29, 1.82) is 0 Å². The Morgan fingerprint density at radius 1 is 1.04 bits per heavy atom. The highest BCUT2D eigenvalue weighted by Gasteiger charge is 2.15. The Labute approximate surface area is 171 Å². The van der Waals surface area contributed by atoms with E-state index in [1.54, 1.807) is 55.5 Å². The van der Waals surface area contributed by atoms with Crippen molar-refractivity contribution < 1.29 is 14.3 Å². The molecule has 1 unspecified atom stereocenters. The van der Waals surface area contributed by atoms with E-state index in [1.807, 2.05) is 18.2 Å². The number of carbonyl (C=O) groups excluding carboxylic acids is 2. The van der Waals surface area contributed by atoms with Crippen molar-refractivity contribution in [2.45, 2.75) is 13.0 Å². The van der Waals surface area contributed by atoms with Crippen molar-refractivity contribution >= 4 is 40.8 Å². The van der Waals surface area contributed by atoms with Gasteiger partial charge in [0, 0.05) is 16.0 Å². The molecular weight excluding hydrogens is 396 g/mol. The molecule has 2 aromatic carbocycles. The molecule has 0 radical (unpaired) electrons. The molecular formula is C21H17ClN2O3S. The van der Waals surface area contributed by atoms with Crippen LogP contribution in [0.5, 0.6) is 5.75 Å². The summed E-state index contributed by atoms with van der Waals surface area (Å²) >= 11 is 7.19. The second kappa shape index (κ2) is 9.30. The highest BCUT2D eigenvalue weighted by molar-refractivity contribution is 7.17. The Kier molecular flexibility index (Phi) is 6.57. The van der Waals surface area contributed by atoms with Crippen molar-refractivity contribution in [2.75, 3.05) is 0 Å². The summed E-state index contributed by atoms with van der Waals surface area (Å²) in [5, 5.41) is 3.89. The van der Waals surface area contributed by atoms with Gasteiger partial charge in [-0.2, -0.15) is 5.10 Å². The number of ether oxygens (including phenoxy) is 1. The third-order valence-corrected chi connectivity index (χ3v) is 4.96. The number of rotatable bonds is 7. The first-order chi connectivity index (χ1) is 13.5. The Bertz CT molecular complexity index is 984. The van der Waals surface area contributed by atoms with E-state index >= 15 is 0 Å². The molecule has 28 heavy (non-hydrogen) atoms. The minimum atomic E-state index is -0.750. The molecule has 3 rings (SSSR count). The number of thiophene rings is 1. The Balaban J connectivity index is 1.55. The lowest BCUT2D eigenvalue weighted by atomic mass is 10.0. The molecule has 7 heteroatoms. The minimum Gasteiger partial charge on any atom is -0.481 e. The number of nitrogens with one attached hydrogen (secondary N) is 1. The van der Waals surface area contributed by atoms with Crippen LogP contribution in [0.1, 0.15) is 27.7 Å². The standard InChI is InChI=1S/C21H17ClN2O3S/c1-14(21(26)24-23-13-18-11-12-19(22)28-18)27-17-9-7-16(8-10-17)20(25)15-5-3-2-4-6-15/h2-14H,1H3,(H,24,26)/b23-13+. The van der Waals surface area contributed by atoms with Crippen LogP contribution in [0.3, 0.4) is 0 Å². The van der Waals surface area contributed by atoms with Crippen LogP contribution in [0.25, 0.3) is 0 Å². The van der Waals surface area contributed by atoms with E-state index in [9.17, 15) is 9.59 Å². The number of ketones is 1. The maximum absolute atomic E-state index is 12.4. The summed E-state index contributed by atoms with van der Waals surface area (Å²) in [6.07, 6.45) is 0.769. The minimum absolute atomic E-state index is 0.0686. The van der Waals surface area contributed by atoms with Gasteiger partial charge in [-0.1, -0.05) is 41.9 Å². The van der Waals surface area contributed by atoms with E-state index in [1.165, 1.54) is 17.6 Å². The highest BCUT2D eigenvalue weighted by atomic mass is 35.5. The Morgan fingerprint density at radius 3 is 2.36 bits per heavy atom. The van der Waals surface area contributed by atoms with Crippen molar-refractivity contribution in [2.24, 2.45) is 5.10 Å². The van der Waals surface area contributed by atoms with Gasteiger partial charge in [0.25, 0.3) is 5.91 Å². The molecule has 1 atom stereocenters. The number of benzene rings is 2. The number of hydrazone groups is 1. The summed E-state index contributed by atoms with van der Waals surface area (Å²) in [5.41, 5.74) is 3.60. The number of hydrogen-bond donors (Lipinski definition) is 1. The molecule has 0 bridgehead atoms. The summed E-state index contributed by atoms with van der Waals surface area (Å²) in [7, 11) is 0. The van der Waals surface area contributed by atoms with Gasteiger partial charge in [0.15, 0.2) is 11.9 Å². The molecule has 0 saturated heterocycles. The lowest BCUT2D eigenvalue weighted by Crippen LogP contribution is -2.33. The van der Waals surface area contributed by atoms with Gasteiger partial charge in [-0.05, 0) is 43.3 Å². The maximum atomic E-state index is 12.4. The van der Waals surface area contributed by atoms with E-state index in [2.05, 4.69) is 10.5 Å². The normalized spacial score (nSPS) is 11.9. The van der Waals surface area contributed by atoms with Crippen molar-refractivity contribution in [3.8, 4) is 5.75 Å². The van der Waals surface area contributed by atoms with E-state index in [0.29, 0.717) is 21.2 Å². The fraction of sp³-hybridized carbons (Fsp3) is 0.0952. The van der Waals surface area contributed by atoms with Crippen molar-refractivity contribution in [3.05, 3.63) is 87.1 Å². The van der Waals surface area contributed by atoms with Gasteiger partial charge in [0.2, 0.25) is 0 Å². The average molecular weight is 413 g/mol. The summed E-state index contributed by atoms with van der Waals surface area (Å²) in [6.45, 7) is 1.62. The van der Waals surface area contributed by atoms with Gasteiger partial charge < -0.3 is 4.74 Å². The fourth-order valence-corrected chi connectivity index (χ4v) is 3.28. The largest absolute Gasteiger partial charge is 0.481 e. The first-order valence-electron chi connectivity index (χ1n) is 8.47. The molecule has 1 aromatic heterocycles. The number of amides is 1. The van der Waals surface area contributed by atoms with E-state index in [-0.39, 0.29) is 11.7 Å². The monoisotopic (exact) mass is 412 g/mol. The van der Waals surface area contributed by atoms with Gasteiger partial charge in [-0.25, -0.2) is 5.43 Å². The van der Waals surface area contributed by atoms with Gasteiger partial charge in [-0.3, -0.25) is 9.59 Å². The van der Waals surface area contributed by atoms with E-state index < -0.39 is 6.10 Å². The quantitative estimate of drug-likeness (QED) is 0.351. The molecule has 1 amide bonds. The van der Waals surface area contributed by atoms with Crippen LogP contribution < -0.4 is 10.2 Å². The molecule has 0 aliphatic carbocycles. The zero-order valence-electron chi connectivity index (χ0n) is 15.0. The highest BCUT2D eigenvalue weighted by Crippen LogP contribution is 2.19. The molecule has 142 valence electrons. The molecule has 1 N–H and O–H groups in total. The second-order valence-electron chi connectivity index (χ2n) is 5.86. The predicted molar refractivity (Wildman–Crippen MR) is 111 cm³/mol. The van der Waals surface area contributed by atoms with E-state index in [0.717, 1.165) is 4.88 Å². The smallest absolute Gasteiger partial charge is 0.280 e. The lowest BCUT2D eigenvalue weighted by Gasteiger charge is -2.13. The van der Waals surface area contributed by atoms with Crippen molar-refractivity contribution in [1.82, 2.24) is 5.43 Å². The van der Waals surface area contributed by atoms with Gasteiger partial charge in [0.05, 0.1) is 10.6 Å². The third-order valence-electron chi connectivity index (χ3n) is 3.80. The number of nitrogens with zero attached hydrogens (tertiary/aromatic N) is 1. The molecule has 0 aliphatic heterocycles. The Hall–Kier alpha value is -2.96. The van der Waals surface area contributed by atoms with Crippen LogP contribution in [0.4, 0.5) is 0 Å². The zero-order chi connectivity index (χ0) is 19.9. The molecule has 0 saturated carbocycles. The predicted octanol–water partition coefficient (Wildman–Crippen LogP) is 4.55. The van der Waals surface area contributed by atoms with Gasteiger partial charge in [-0.15, -0.1) is 11.3 Å². The third kappa shape index (κ3) is 5.28. The fourth-order valence-electron chi connectivity index (χ4n) is 2.35. The van der Waals surface area contributed by atoms with Crippen LogP contribution in [0.2, 0.25) is 4.34 Å². The summed E-state index contributed by atoms with van der Waals surface area (Å²) < 4.78 is 6.26. The molecule has 0 spiro atoms. The molecule has 0 aliphatic rings. The van der Waals surface area contributed by atoms with Crippen LogP contribution in [0, 0.1) is 0 Å². The number of halogens is 1. The Morgan fingerprint density at radius 2 is 1.71 bits per heavy atom. The van der Waals surface area contributed by atoms with Crippen LogP contribution >= 0.6 is 22.9 Å². The summed E-state index contributed by atoms with van der Waals surface area (Å²) in [5.74, 6) is 0.0329. The molecule has 5 nitrogen and oxygen atoms in total. The van der Waals surface area contributed by atoms with Crippen LogP contribution in [-0.4, -0.2) is 24.0 Å². The molecule has 3 aromatic rings. The molecule has 0 fully saturated rings. The van der Waals surface area contributed by atoms with E-state index in [4.69, 9.17) is 16.3 Å². The topological polar surface area (TPSA) is 67.8 Å². The lowest BCUT2D eigenvalue weighted by molar-refractivity contribution is -0.127. The summed E-state index contributed by atoms with van der Waals surface area (Å²) in [4.78, 5) is 25.3. The first kappa shape index (κ1) is 19.8. The average Bonchev–Trinajstić information content (AvgIpc) is 3.13. The van der Waals surface area contributed by atoms with Crippen LogP contribution in [-0.2, 0) is 4.79 Å². The summed E-state index contributed by atoms with van der Waals surface area (Å²) in [6, 6.07) is 19.3. The van der Waals surface area contributed by atoms with Gasteiger partial charge in [0.1, 0.15) is 5.75 Å². The zero-order valence-corrected chi connectivity index (χ0v) is 16.5. The first-order valence-corrected chi connectivity index (χ1v) is 9.67. The SMILES string of the molecule is CC(Oc1ccc(C(=O)c2ccccc2)cc1)C(=O)N/N=C/c1ccc(Cl)s1. The molecule has 1 heterocycles. The maximum Gasteiger partial charge on any atom is 0.280 e. The van der Waals surface area contributed by atoms with Gasteiger partial charge >= 0.3 is 0 Å². The van der Waals surface area contributed by atoms with Crippen LogP contribution in [0.15, 0.2) is 71.8 Å². The van der Waals surface area contributed by atoms with Crippen molar-refractivity contribution in [3.63, 3.8) is 0 Å².